The molecule has 2 atom stereocenters. The van der Waals surface area contributed by atoms with Crippen LogP contribution in [0.2, 0.25) is 0 Å². The molecule has 3 rings (SSSR count). The maximum Gasteiger partial charge on any atom is 0.338 e. The van der Waals surface area contributed by atoms with Crippen LogP contribution in [0.4, 0.5) is 0 Å². The van der Waals surface area contributed by atoms with Crippen molar-refractivity contribution in [3.8, 4) is 5.75 Å². The molecule has 1 aliphatic heterocycles. The molecule has 1 aromatic carbocycles. The first kappa shape index (κ1) is 17.2. The summed E-state index contributed by atoms with van der Waals surface area (Å²) in [4.78, 5) is 27.0. The zero-order valence-corrected chi connectivity index (χ0v) is 14.4. The molecule has 1 aromatic heterocycles. The van der Waals surface area contributed by atoms with Crippen LogP contribution in [0.1, 0.15) is 48.2 Å². The summed E-state index contributed by atoms with van der Waals surface area (Å²) in [6.07, 6.45) is 0.583. The molecule has 2 heterocycles. The second-order valence-corrected chi connectivity index (χ2v) is 6.56. The first-order valence-corrected chi connectivity index (χ1v) is 8.21. The van der Waals surface area contributed by atoms with Gasteiger partial charge in [-0.25, -0.2) is 4.79 Å². The van der Waals surface area contributed by atoms with Gasteiger partial charge >= 0.3 is 5.97 Å². The molecule has 2 N–H and O–H groups in total. The van der Waals surface area contributed by atoms with Crippen LogP contribution < -0.4 is 10.3 Å². The van der Waals surface area contributed by atoms with E-state index in [4.69, 9.17) is 9.47 Å². The number of fused-ring (bicyclic) bond motifs is 1. The number of pyridine rings is 1. The zero-order chi connectivity index (χ0) is 18.2. The SMILES string of the molecule is CCOC(=O)c1ccc2c(c1)C(c1ccc[nH]c1=O)C(O)C(C)(C)O2. The number of carbonyl (C=O) groups is 1. The number of benzene rings is 1. The lowest BCUT2D eigenvalue weighted by molar-refractivity contribution is -0.0514. The normalized spacial score (nSPS) is 21.1. The molecule has 132 valence electrons. The molecule has 6 nitrogen and oxygen atoms in total. The predicted octanol–water partition coefficient (Wildman–Crippen LogP) is 2.22. The minimum atomic E-state index is -0.957. The van der Waals surface area contributed by atoms with Crippen LogP contribution in [0.5, 0.6) is 5.75 Å². The van der Waals surface area contributed by atoms with Crippen molar-refractivity contribution >= 4 is 5.97 Å². The summed E-state index contributed by atoms with van der Waals surface area (Å²) in [5, 5.41) is 10.9. The van der Waals surface area contributed by atoms with Gasteiger partial charge in [-0.05, 0) is 45.0 Å². The summed E-state index contributed by atoms with van der Waals surface area (Å²) in [5.74, 6) is -0.528. The molecule has 0 aliphatic carbocycles. The molecule has 0 spiro atoms. The van der Waals surface area contributed by atoms with Crippen molar-refractivity contribution in [1.29, 1.82) is 0 Å². The second kappa shape index (κ2) is 6.37. The molecule has 0 radical (unpaired) electrons. The smallest absolute Gasteiger partial charge is 0.338 e. The number of H-pyrrole nitrogens is 1. The Kier molecular flexibility index (Phi) is 4.39. The average molecular weight is 343 g/mol. The minimum absolute atomic E-state index is 0.268. The Morgan fingerprint density at radius 3 is 2.76 bits per heavy atom. The Balaban J connectivity index is 2.18. The van der Waals surface area contributed by atoms with Crippen LogP contribution >= 0.6 is 0 Å². The van der Waals surface area contributed by atoms with Crippen molar-refractivity contribution in [3.63, 3.8) is 0 Å². The van der Waals surface area contributed by atoms with Crippen LogP contribution in [0.3, 0.4) is 0 Å². The monoisotopic (exact) mass is 343 g/mol. The molecule has 25 heavy (non-hydrogen) atoms. The molecule has 0 saturated carbocycles. The number of esters is 1. The Labute approximate surface area is 145 Å². The summed E-state index contributed by atoms with van der Waals surface area (Å²) in [6.45, 7) is 5.54. The third kappa shape index (κ3) is 3.05. The Morgan fingerprint density at radius 1 is 1.32 bits per heavy atom. The van der Waals surface area contributed by atoms with Gasteiger partial charge in [0, 0.05) is 23.2 Å². The van der Waals surface area contributed by atoms with Gasteiger partial charge in [0.25, 0.3) is 5.56 Å². The quantitative estimate of drug-likeness (QED) is 0.834. The van der Waals surface area contributed by atoms with Gasteiger partial charge < -0.3 is 19.6 Å². The van der Waals surface area contributed by atoms with E-state index >= 15 is 0 Å². The van der Waals surface area contributed by atoms with E-state index in [1.165, 1.54) is 0 Å². The topological polar surface area (TPSA) is 88.6 Å². The lowest BCUT2D eigenvalue weighted by atomic mass is 9.77. The molecule has 0 saturated heterocycles. The van der Waals surface area contributed by atoms with Crippen LogP contribution in [-0.2, 0) is 4.74 Å². The van der Waals surface area contributed by atoms with Crippen molar-refractivity contribution in [2.75, 3.05) is 6.61 Å². The highest BCUT2D eigenvalue weighted by Gasteiger charge is 2.44. The number of aromatic amines is 1. The highest BCUT2D eigenvalue weighted by Crippen LogP contribution is 2.43. The second-order valence-electron chi connectivity index (χ2n) is 6.56. The van der Waals surface area contributed by atoms with Crippen molar-refractivity contribution in [2.45, 2.75) is 38.4 Å². The largest absolute Gasteiger partial charge is 0.485 e. The van der Waals surface area contributed by atoms with Gasteiger partial charge in [-0.1, -0.05) is 6.07 Å². The van der Waals surface area contributed by atoms with Crippen LogP contribution in [0.15, 0.2) is 41.3 Å². The van der Waals surface area contributed by atoms with Crippen molar-refractivity contribution in [2.24, 2.45) is 0 Å². The number of hydrogen-bond acceptors (Lipinski definition) is 5. The molecule has 2 aromatic rings. The first-order chi connectivity index (χ1) is 11.8. The molecule has 2 unspecified atom stereocenters. The summed E-state index contributed by atoms with van der Waals surface area (Å²) in [6, 6.07) is 8.31. The van der Waals surface area contributed by atoms with Crippen molar-refractivity contribution < 1.29 is 19.4 Å². The first-order valence-electron chi connectivity index (χ1n) is 8.21. The molecule has 0 fully saturated rings. The van der Waals surface area contributed by atoms with Gasteiger partial charge in [0.1, 0.15) is 17.5 Å². The van der Waals surface area contributed by atoms with E-state index in [1.807, 2.05) is 0 Å². The molecule has 1 aliphatic rings. The van der Waals surface area contributed by atoms with Crippen molar-refractivity contribution in [3.05, 3.63) is 63.6 Å². The predicted molar refractivity (Wildman–Crippen MR) is 92.0 cm³/mol. The lowest BCUT2D eigenvalue weighted by Crippen LogP contribution is -2.50. The number of carbonyl (C=O) groups excluding carboxylic acids is 1. The fourth-order valence-electron chi connectivity index (χ4n) is 3.16. The molecule has 6 heteroatoms. The van der Waals surface area contributed by atoms with E-state index in [9.17, 15) is 14.7 Å². The van der Waals surface area contributed by atoms with E-state index < -0.39 is 23.6 Å². The van der Waals surface area contributed by atoms with E-state index in [-0.39, 0.29) is 12.2 Å². The number of aliphatic hydroxyl groups excluding tert-OH is 1. The van der Waals surface area contributed by atoms with Crippen LogP contribution in [0, 0.1) is 0 Å². The third-order valence-electron chi connectivity index (χ3n) is 4.44. The number of aliphatic hydroxyl groups is 1. The fraction of sp³-hybridized carbons (Fsp3) is 0.368. The van der Waals surface area contributed by atoms with Gasteiger partial charge in [-0.2, -0.15) is 0 Å². The molecule has 0 amide bonds. The maximum absolute atomic E-state index is 12.3. The number of aromatic nitrogens is 1. The maximum atomic E-state index is 12.3. The molecular formula is C19H21NO5. The standard InChI is InChI=1S/C19H21NO5/c1-4-24-18(23)11-7-8-14-13(10-11)15(16(21)19(2,3)25-14)12-6-5-9-20-17(12)22/h5-10,15-16,21H,4H2,1-3H3,(H,20,22). The summed E-state index contributed by atoms with van der Waals surface area (Å²) in [7, 11) is 0. The van der Waals surface area contributed by atoms with E-state index in [0.717, 1.165) is 0 Å². The van der Waals surface area contributed by atoms with E-state index in [0.29, 0.717) is 22.4 Å². The van der Waals surface area contributed by atoms with Gasteiger partial charge in [0.05, 0.1) is 12.2 Å². The van der Waals surface area contributed by atoms with Gasteiger partial charge in [-0.15, -0.1) is 0 Å². The Bertz CT molecular complexity index is 855. The molecular weight excluding hydrogens is 322 g/mol. The van der Waals surface area contributed by atoms with E-state index in [1.54, 1.807) is 57.3 Å². The van der Waals surface area contributed by atoms with Crippen LogP contribution in [-0.4, -0.2) is 34.4 Å². The summed E-state index contributed by atoms with van der Waals surface area (Å²) >= 11 is 0. The highest BCUT2D eigenvalue weighted by atomic mass is 16.5. The van der Waals surface area contributed by atoms with Crippen LogP contribution in [0.25, 0.3) is 0 Å². The highest BCUT2D eigenvalue weighted by molar-refractivity contribution is 5.90. The number of hydrogen-bond donors (Lipinski definition) is 2. The van der Waals surface area contributed by atoms with Gasteiger partial charge in [0.2, 0.25) is 0 Å². The number of rotatable bonds is 3. The number of nitrogens with one attached hydrogen (secondary N) is 1. The van der Waals surface area contributed by atoms with Gasteiger partial charge in [-0.3, -0.25) is 4.79 Å². The third-order valence-corrected chi connectivity index (χ3v) is 4.44. The lowest BCUT2D eigenvalue weighted by Gasteiger charge is -2.42. The minimum Gasteiger partial charge on any atom is -0.485 e. The summed E-state index contributed by atoms with van der Waals surface area (Å²) in [5.41, 5.74) is 0.207. The van der Waals surface area contributed by atoms with Gasteiger partial charge in [0.15, 0.2) is 0 Å². The number of ether oxygens (including phenoxy) is 2. The summed E-state index contributed by atoms with van der Waals surface area (Å²) < 4.78 is 10.9. The Hall–Kier alpha value is -2.60. The Morgan fingerprint density at radius 2 is 2.08 bits per heavy atom. The average Bonchev–Trinajstić information content (AvgIpc) is 2.57. The molecule has 0 bridgehead atoms. The fourth-order valence-corrected chi connectivity index (χ4v) is 3.16. The zero-order valence-electron chi connectivity index (χ0n) is 14.4. The van der Waals surface area contributed by atoms with Crippen molar-refractivity contribution in [1.82, 2.24) is 4.98 Å². The van der Waals surface area contributed by atoms with E-state index in [2.05, 4.69) is 4.98 Å².